The number of nitrogen functional groups attached to an aromatic ring is 2. The van der Waals surface area contributed by atoms with Crippen molar-refractivity contribution >= 4 is 34.4 Å². The molecule has 2 unspecified atom stereocenters. The maximum Gasteiger partial charge on any atom is 0.332 e. The van der Waals surface area contributed by atoms with Gasteiger partial charge in [0.05, 0.1) is 13.2 Å². The number of aliphatic hydroxyl groups is 2. The standard InChI is InChI=1S/C57H76FN13O6/c1-5-26-68-54(74)50-52(66(56(68)76)28-23-41-13-19-46(59)20-14-41)70(48(38-43-11-17-45(58)18-12-43)64(50)32-30-62(7-3)34-36-72)71-49(39-44-10-9-25-61-40-44)65(33-31-63(8-4)35-37-73)51-53(71)67(57(77)69(27-6-2)55(51)75)29-24-42-15-21-47(60)22-16-42/h9-22,25,40,48-49,72-73H,5-8,23-24,26-39,59-60H2,1-4H3. The summed E-state index contributed by atoms with van der Waals surface area (Å²) in [6, 6.07) is 25.0. The summed E-state index contributed by atoms with van der Waals surface area (Å²) in [7, 11) is 0. The SMILES string of the molecule is CCCn1c(=O)c2c(n(CCc3ccc(N)cc3)c1=O)N(N1c3c(c(=O)n(CCC)c(=O)n3CCc3ccc(N)cc3)N(CCN(CC)CCO)C1Cc1cccnc1)C(Cc1ccc(F)cc1)N2CCN(CC)CCO. The number of pyridine rings is 1. The predicted molar refractivity (Wildman–Crippen MR) is 303 cm³/mol. The van der Waals surface area contributed by atoms with E-state index >= 15 is 19.2 Å². The molecule has 5 heterocycles. The van der Waals surface area contributed by atoms with Gasteiger partial charge in [-0.05, 0) is 103 Å². The summed E-state index contributed by atoms with van der Waals surface area (Å²) in [5, 5.41) is 24.4. The summed E-state index contributed by atoms with van der Waals surface area (Å²) in [6.07, 6.45) is 4.04. The van der Waals surface area contributed by atoms with E-state index in [1.54, 1.807) is 33.7 Å². The number of likely N-dealkylation sites (N-methyl/N-ethyl adjacent to an activating group) is 2. The van der Waals surface area contributed by atoms with Gasteiger partial charge in [0.25, 0.3) is 11.1 Å². The van der Waals surface area contributed by atoms with E-state index in [1.165, 1.54) is 21.3 Å². The Balaban J connectivity index is 1.50. The maximum absolute atomic E-state index is 15.7. The van der Waals surface area contributed by atoms with Crippen molar-refractivity contribution in [2.24, 2.45) is 0 Å². The Morgan fingerprint density at radius 2 is 0.961 bits per heavy atom. The van der Waals surface area contributed by atoms with Crippen molar-refractivity contribution in [3.05, 3.63) is 167 Å². The number of anilines is 6. The average molecular weight is 1060 g/mol. The van der Waals surface area contributed by atoms with E-state index in [2.05, 4.69) is 19.7 Å². The molecule has 0 aliphatic carbocycles. The van der Waals surface area contributed by atoms with Gasteiger partial charge in [-0.25, -0.2) is 24.0 Å². The third kappa shape index (κ3) is 12.2. The molecule has 77 heavy (non-hydrogen) atoms. The van der Waals surface area contributed by atoms with Crippen LogP contribution in [0.15, 0.2) is 117 Å². The van der Waals surface area contributed by atoms with Gasteiger partial charge in [-0.2, -0.15) is 0 Å². The van der Waals surface area contributed by atoms with E-state index < -0.39 is 40.6 Å². The van der Waals surface area contributed by atoms with Crippen molar-refractivity contribution in [2.45, 2.75) is 105 Å². The first-order valence-corrected chi connectivity index (χ1v) is 27.2. The average Bonchev–Trinajstić information content (AvgIpc) is 3.96. The number of halogens is 1. The Morgan fingerprint density at radius 1 is 0.532 bits per heavy atom. The molecular formula is C57H76FN13O6. The number of aryl methyl sites for hydroxylation is 2. The second-order valence-corrected chi connectivity index (χ2v) is 19.9. The fourth-order valence-electron chi connectivity index (χ4n) is 10.9. The lowest BCUT2D eigenvalue weighted by Crippen LogP contribution is -2.61. The largest absolute Gasteiger partial charge is 0.399 e. The smallest absolute Gasteiger partial charge is 0.332 e. The Kier molecular flexibility index (Phi) is 18.7. The zero-order valence-corrected chi connectivity index (χ0v) is 45.0. The van der Waals surface area contributed by atoms with Gasteiger partial charge in [-0.15, -0.1) is 0 Å². The van der Waals surface area contributed by atoms with Crippen LogP contribution in [0, 0.1) is 5.82 Å². The van der Waals surface area contributed by atoms with Crippen LogP contribution in [0.3, 0.4) is 0 Å². The van der Waals surface area contributed by atoms with Gasteiger partial charge >= 0.3 is 11.4 Å². The van der Waals surface area contributed by atoms with Crippen molar-refractivity contribution < 1.29 is 14.6 Å². The summed E-state index contributed by atoms with van der Waals surface area (Å²) in [5.74, 6) is 0.162. The van der Waals surface area contributed by atoms with E-state index in [0.717, 1.165) is 22.3 Å². The quantitative estimate of drug-likeness (QED) is 0.0538. The molecule has 20 heteroatoms. The van der Waals surface area contributed by atoms with Crippen LogP contribution in [-0.4, -0.2) is 121 Å². The Hall–Kier alpha value is -7.26. The molecule has 0 radical (unpaired) electrons. The van der Waals surface area contributed by atoms with Gasteiger partial charge in [-0.3, -0.25) is 42.6 Å². The van der Waals surface area contributed by atoms with Gasteiger partial charge in [0.1, 0.15) is 29.5 Å². The Morgan fingerprint density at radius 3 is 1.35 bits per heavy atom. The van der Waals surface area contributed by atoms with Crippen LogP contribution in [-0.2, 0) is 51.9 Å². The van der Waals surface area contributed by atoms with Crippen LogP contribution in [0.5, 0.6) is 0 Å². The molecule has 3 aromatic heterocycles. The summed E-state index contributed by atoms with van der Waals surface area (Å²) in [6.45, 7) is 11.6. The summed E-state index contributed by atoms with van der Waals surface area (Å²) in [4.78, 5) is 75.2. The monoisotopic (exact) mass is 1060 g/mol. The highest BCUT2D eigenvalue weighted by atomic mass is 19.1. The lowest BCUT2D eigenvalue weighted by molar-refractivity contribution is 0.203. The summed E-state index contributed by atoms with van der Waals surface area (Å²) >= 11 is 0. The first-order chi connectivity index (χ1) is 37.3. The van der Waals surface area contributed by atoms with E-state index in [9.17, 15) is 14.6 Å². The molecule has 0 spiro atoms. The van der Waals surface area contributed by atoms with Gasteiger partial charge < -0.3 is 31.5 Å². The minimum Gasteiger partial charge on any atom is -0.399 e. The second-order valence-electron chi connectivity index (χ2n) is 19.9. The van der Waals surface area contributed by atoms with Crippen molar-refractivity contribution in [3.8, 4) is 0 Å². The zero-order valence-electron chi connectivity index (χ0n) is 45.0. The molecule has 6 N–H and O–H groups in total. The Bertz CT molecular complexity index is 3150. The number of nitrogens with zero attached hydrogens (tertiary/aromatic N) is 11. The first kappa shape index (κ1) is 56.0. The Labute approximate surface area is 449 Å². The van der Waals surface area contributed by atoms with E-state index in [1.807, 2.05) is 103 Å². The fraction of sp³-hybridized carbons (Fsp3) is 0.456. The van der Waals surface area contributed by atoms with Crippen LogP contribution in [0.1, 0.15) is 62.8 Å². The number of hydrazine groups is 1. The zero-order chi connectivity index (χ0) is 54.8. The number of aliphatic hydroxyl groups excluding tert-OH is 2. The van der Waals surface area contributed by atoms with Crippen molar-refractivity contribution in [1.82, 2.24) is 33.1 Å². The minimum absolute atomic E-state index is 0.0771. The highest BCUT2D eigenvalue weighted by molar-refractivity contribution is 5.83. The number of fused-ring (bicyclic) bond motifs is 2. The van der Waals surface area contributed by atoms with Crippen LogP contribution in [0.4, 0.5) is 38.8 Å². The first-order valence-electron chi connectivity index (χ1n) is 27.2. The van der Waals surface area contributed by atoms with Gasteiger partial charge in [0, 0.05) is 102 Å². The number of hydrogen-bond acceptors (Lipinski definition) is 15. The highest BCUT2D eigenvalue weighted by Gasteiger charge is 2.52. The van der Waals surface area contributed by atoms with E-state index in [4.69, 9.17) is 11.5 Å². The molecule has 2 aliphatic rings. The van der Waals surface area contributed by atoms with Gasteiger partial charge in [-0.1, -0.05) is 70.2 Å². The number of aromatic nitrogens is 5. The maximum atomic E-state index is 15.7. The molecule has 412 valence electrons. The molecule has 8 rings (SSSR count). The molecule has 0 fully saturated rings. The van der Waals surface area contributed by atoms with Crippen LogP contribution in [0.25, 0.3) is 0 Å². The topological polar surface area (TPSA) is 213 Å². The molecule has 0 amide bonds. The molecule has 3 aromatic carbocycles. The van der Waals surface area contributed by atoms with Gasteiger partial charge in [0.2, 0.25) is 0 Å². The molecule has 0 saturated heterocycles. The third-order valence-corrected chi connectivity index (χ3v) is 14.9. The molecule has 6 aromatic rings. The van der Waals surface area contributed by atoms with E-state index in [0.29, 0.717) is 82.1 Å². The summed E-state index contributed by atoms with van der Waals surface area (Å²) < 4.78 is 20.9. The van der Waals surface area contributed by atoms with Crippen molar-refractivity contribution in [1.29, 1.82) is 0 Å². The second kappa shape index (κ2) is 25.7. The van der Waals surface area contributed by atoms with Crippen molar-refractivity contribution in [3.63, 3.8) is 0 Å². The molecule has 2 aliphatic heterocycles. The number of rotatable bonds is 27. The number of benzene rings is 3. The lowest BCUT2D eigenvalue weighted by Gasteiger charge is -2.44. The molecule has 0 bridgehead atoms. The fourth-order valence-corrected chi connectivity index (χ4v) is 10.9. The molecule has 0 saturated carbocycles. The van der Waals surface area contributed by atoms with E-state index in [-0.39, 0.29) is 82.5 Å². The lowest BCUT2D eigenvalue weighted by atomic mass is 10.1. The normalized spacial score (nSPS) is 15.1. The molecule has 2 atom stereocenters. The highest BCUT2D eigenvalue weighted by Crippen LogP contribution is 2.47. The van der Waals surface area contributed by atoms with Crippen LogP contribution < -0.4 is 53.8 Å². The van der Waals surface area contributed by atoms with Crippen LogP contribution in [0.2, 0.25) is 0 Å². The molecular weight excluding hydrogens is 982 g/mol. The predicted octanol–water partition coefficient (Wildman–Crippen LogP) is 3.97. The minimum atomic E-state index is -0.833. The van der Waals surface area contributed by atoms with Crippen molar-refractivity contribution in [2.75, 3.05) is 96.9 Å². The summed E-state index contributed by atoms with van der Waals surface area (Å²) in [5.41, 5.74) is 15.4. The van der Waals surface area contributed by atoms with Crippen LogP contribution >= 0.6 is 0 Å². The third-order valence-electron chi connectivity index (χ3n) is 14.9. The molecule has 19 nitrogen and oxygen atoms in total. The number of hydrogen-bond donors (Lipinski definition) is 4. The van der Waals surface area contributed by atoms with Gasteiger partial charge in [0.15, 0.2) is 11.6 Å². The number of nitrogens with two attached hydrogens (primary N) is 2.